The summed E-state index contributed by atoms with van der Waals surface area (Å²) in [7, 11) is 0. The maximum Gasteiger partial charge on any atom is 0.423 e. The molecule has 0 spiro atoms. The number of hydrogen-bond acceptors (Lipinski definition) is 5. The van der Waals surface area contributed by atoms with Crippen molar-refractivity contribution < 1.29 is 22.6 Å². The van der Waals surface area contributed by atoms with Gasteiger partial charge in [0.05, 0.1) is 6.61 Å². The van der Waals surface area contributed by atoms with Gasteiger partial charge in [-0.15, -0.1) is 0 Å². The van der Waals surface area contributed by atoms with Crippen LogP contribution >= 0.6 is 0 Å². The van der Waals surface area contributed by atoms with E-state index in [9.17, 15) is 13.2 Å². The van der Waals surface area contributed by atoms with Gasteiger partial charge in [0, 0.05) is 11.9 Å². The minimum Gasteiger partial charge on any atom is -0.494 e. The molecule has 0 atom stereocenters. The van der Waals surface area contributed by atoms with Gasteiger partial charge in [0.15, 0.2) is 0 Å². The number of ether oxygens (including phenoxy) is 2. The largest absolute Gasteiger partial charge is 0.494 e. The lowest BCUT2D eigenvalue weighted by molar-refractivity contribution is -0.140. The van der Waals surface area contributed by atoms with Gasteiger partial charge in [0.1, 0.15) is 17.4 Å². The van der Waals surface area contributed by atoms with Crippen molar-refractivity contribution in [2.45, 2.75) is 64.1 Å². The Labute approximate surface area is 168 Å². The first-order chi connectivity index (χ1) is 14.0. The van der Waals surface area contributed by atoms with Gasteiger partial charge in [0.2, 0.25) is 11.8 Å². The van der Waals surface area contributed by atoms with Crippen LogP contribution in [0.3, 0.4) is 0 Å². The third kappa shape index (κ3) is 6.24. The highest BCUT2D eigenvalue weighted by atomic mass is 19.4. The summed E-state index contributed by atoms with van der Waals surface area (Å²) >= 11 is 0. The quantitative estimate of drug-likeness (QED) is 0.532. The fourth-order valence-electron chi connectivity index (χ4n) is 3.15. The average molecular weight is 409 g/mol. The number of aromatic nitrogens is 2. The molecule has 0 aliphatic heterocycles. The normalized spacial score (nSPS) is 15.2. The van der Waals surface area contributed by atoms with Gasteiger partial charge in [-0.2, -0.15) is 18.2 Å². The van der Waals surface area contributed by atoms with Crippen LogP contribution in [0, 0.1) is 0 Å². The molecular formula is C21H26F3N3O2. The highest BCUT2D eigenvalue weighted by Crippen LogP contribution is 2.36. The van der Waals surface area contributed by atoms with E-state index in [4.69, 9.17) is 9.47 Å². The summed E-state index contributed by atoms with van der Waals surface area (Å²) in [4.78, 5) is 7.84. The van der Waals surface area contributed by atoms with Crippen LogP contribution < -0.4 is 14.8 Å². The van der Waals surface area contributed by atoms with Crippen LogP contribution in [0.15, 0.2) is 30.5 Å². The molecule has 1 fully saturated rings. The number of nitrogens with zero attached hydrogens (tertiary/aromatic N) is 2. The Kier molecular flexibility index (Phi) is 7.17. The SMILES string of the molecule is CCCCOc1ccc(Nc2ncc(C(F)(F)F)c(OC3CCCCC3)n2)cc1. The third-order valence-corrected chi connectivity index (χ3v) is 4.77. The first kappa shape index (κ1) is 21.2. The number of halogens is 3. The van der Waals surface area contributed by atoms with E-state index >= 15 is 0 Å². The molecule has 1 heterocycles. The van der Waals surface area contributed by atoms with Crippen molar-refractivity contribution in [3.63, 3.8) is 0 Å². The van der Waals surface area contributed by atoms with Gasteiger partial charge >= 0.3 is 6.18 Å². The Bertz CT molecular complexity index is 776. The number of benzene rings is 1. The summed E-state index contributed by atoms with van der Waals surface area (Å²) < 4.78 is 51.3. The maximum absolute atomic E-state index is 13.3. The molecule has 5 nitrogen and oxygen atoms in total. The van der Waals surface area contributed by atoms with Crippen LogP contribution in [0.1, 0.15) is 57.4 Å². The van der Waals surface area contributed by atoms with E-state index in [1.54, 1.807) is 24.3 Å². The van der Waals surface area contributed by atoms with E-state index in [0.717, 1.165) is 56.9 Å². The second-order valence-corrected chi connectivity index (χ2v) is 7.14. The number of rotatable bonds is 8. The minimum atomic E-state index is -4.57. The molecule has 29 heavy (non-hydrogen) atoms. The summed E-state index contributed by atoms with van der Waals surface area (Å²) in [5, 5.41) is 2.93. The van der Waals surface area contributed by atoms with Crippen molar-refractivity contribution >= 4 is 11.6 Å². The zero-order chi connectivity index (χ0) is 20.7. The fourth-order valence-corrected chi connectivity index (χ4v) is 3.15. The number of anilines is 2. The van der Waals surface area contributed by atoms with E-state index in [1.165, 1.54) is 0 Å². The number of unbranched alkanes of at least 4 members (excludes halogenated alkanes) is 1. The Hall–Kier alpha value is -2.51. The number of nitrogens with one attached hydrogen (secondary N) is 1. The van der Waals surface area contributed by atoms with Gasteiger partial charge in [-0.25, -0.2) is 4.98 Å². The van der Waals surface area contributed by atoms with Crippen LogP contribution in [0.2, 0.25) is 0 Å². The first-order valence-electron chi connectivity index (χ1n) is 10.1. The smallest absolute Gasteiger partial charge is 0.423 e. The highest BCUT2D eigenvalue weighted by molar-refractivity contribution is 5.55. The monoisotopic (exact) mass is 409 g/mol. The molecule has 1 aromatic carbocycles. The number of hydrogen-bond donors (Lipinski definition) is 1. The molecule has 0 bridgehead atoms. The van der Waals surface area contributed by atoms with Crippen molar-refractivity contribution in [3.05, 3.63) is 36.0 Å². The predicted molar refractivity (Wildman–Crippen MR) is 105 cm³/mol. The zero-order valence-corrected chi connectivity index (χ0v) is 16.5. The Morgan fingerprint density at radius 2 is 1.83 bits per heavy atom. The van der Waals surface area contributed by atoms with E-state index in [1.807, 2.05) is 0 Å². The van der Waals surface area contributed by atoms with Crippen molar-refractivity contribution in [2.24, 2.45) is 0 Å². The van der Waals surface area contributed by atoms with Crippen molar-refractivity contribution in [1.29, 1.82) is 0 Å². The van der Waals surface area contributed by atoms with Crippen molar-refractivity contribution in [1.82, 2.24) is 9.97 Å². The number of alkyl halides is 3. The van der Waals surface area contributed by atoms with Crippen LogP contribution in [0.5, 0.6) is 11.6 Å². The third-order valence-electron chi connectivity index (χ3n) is 4.77. The Morgan fingerprint density at radius 3 is 2.48 bits per heavy atom. The van der Waals surface area contributed by atoms with E-state index in [-0.39, 0.29) is 12.1 Å². The molecule has 0 amide bonds. The van der Waals surface area contributed by atoms with Gasteiger partial charge in [-0.05, 0) is 56.4 Å². The average Bonchev–Trinajstić information content (AvgIpc) is 2.70. The summed E-state index contributed by atoms with van der Waals surface area (Å²) in [6.07, 6.45) is 2.46. The molecule has 1 saturated carbocycles. The minimum absolute atomic E-state index is 0.0588. The van der Waals surface area contributed by atoms with E-state index in [2.05, 4.69) is 22.2 Å². The van der Waals surface area contributed by atoms with Gasteiger partial charge < -0.3 is 14.8 Å². The molecular weight excluding hydrogens is 383 g/mol. The van der Waals surface area contributed by atoms with Gasteiger partial charge in [-0.3, -0.25) is 0 Å². The molecule has 8 heteroatoms. The zero-order valence-electron chi connectivity index (χ0n) is 16.5. The Balaban J connectivity index is 1.72. The second-order valence-electron chi connectivity index (χ2n) is 7.14. The molecule has 0 radical (unpaired) electrons. The Morgan fingerprint density at radius 1 is 1.10 bits per heavy atom. The predicted octanol–water partition coefficient (Wildman–Crippen LogP) is 6.13. The van der Waals surface area contributed by atoms with Gasteiger partial charge in [0.25, 0.3) is 0 Å². The lowest BCUT2D eigenvalue weighted by Crippen LogP contribution is -2.22. The second kappa shape index (κ2) is 9.80. The molecule has 158 valence electrons. The fraction of sp³-hybridized carbons (Fsp3) is 0.524. The molecule has 1 aliphatic carbocycles. The van der Waals surface area contributed by atoms with Crippen LogP contribution in [0.4, 0.5) is 24.8 Å². The molecule has 1 aliphatic rings. The summed E-state index contributed by atoms with van der Waals surface area (Å²) in [5.74, 6) is 0.378. The van der Waals surface area contributed by atoms with Crippen LogP contribution in [0.25, 0.3) is 0 Å². The lowest BCUT2D eigenvalue weighted by Gasteiger charge is -2.24. The molecule has 3 rings (SSSR count). The van der Waals surface area contributed by atoms with Gasteiger partial charge in [-0.1, -0.05) is 19.8 Å². The van der Waals surface area contributed by atoms with Crippen molar-refractivity contribution in [3.8, 4) is 11.6 Å². The van der Waals surface area contributed by atoms with Crippen LogP contribution in [-0.2, 0) is 6.18 Å². The first-order valence-corrected chi connectivity index (χ1v) is 10.1. The molecule has 2 aromatic rings. The lowest BCUT2D eigenvalue weighted by atomic mass is 9.98. The summed E-state index contributed by atoms with van der Waals surface area (Å²) in [6.45, 7) is 2.74. The topological polar surface area (TPSA) is 56.3 Å². The molecule has 1 aromatic heterocycles. The summed E-state index contributed by atoms with van der Waals surface area (Å²) in [6, 6.07) is 7.12. The molecule has 0 saturated heterocycles. The van der Waals surface area contributed by atoms with Crippen LogP contribution in [-0.4, -0.2) is 22.7 Å². The molecule has 0 unspecified atom stereocenters. The summed E-state index contributed by atoms with van der Waals surface area (Å²) in [5.41, 5.74) is -0.301. The van der Waals surface area contributed by atoms with E-state index in [0.29, 0.717) is 12.3 Å². The molecule has 1 N–H and O–H groups in total. The van der Waals surface area contributed by atoms with Crippen molar-refractivity contribution in [2.75, 3.05) is 11.9 Å². The maximum atomic E-state index is 13.3. The standard InChI is InChI=1S/C21H26F3N3O2/c1-2-3-13-28-16-11-9-15(10-12-16)26-20-25-14-18(21(22,23)24)19(27-20)29-17-7-5-4-6-8-17/h9-12,14,17H,2-8,13H2,1H3,(H,25,26,27). The highest BCUT2D eigenvalue weighted by Gasteiger charge is 2.37. The van der Waals surface area contributed by atoms with E-state index < -0.39 is 17.6 Å².